The molecule has 0 amide bonds. The first-order valence-electron chi connectivity index (χ1n) is 6.46. The van der Waals surface area contributed by atoms with Crippen molar-refractivity contribution in [2.75, 3.05) is 36.0 Å². The lowest BCUT2D eigenvalue weighted by Crippen LogP contribution is -2.40. The van der Waals surface area contributed by atoms with Crippen LogP contribution in [-0.2, 0) is 16.4 Å². The van der Waals surface area contributed by atoms with E-state index in [2.05, 4.69) is 5.32 Å². The van der Waals surface area contributed by atoms with Gasteiger partial charge in [-0.25, -0.2) is 12.8 Å². The zero-order chi connectivity index (χ0) is 13.9. The Kier molecular flexibility index (Phi) is 4.42. The molecule has 106 valence electrons. The molecule has 1 N–H and O–H groups in total. The minimum absolute atomic E-state index is 0.172. The van der Waals surface area contributed by atoms with Gasteiger partial charge in [-0.3, -0.25) is 0 Å². The molecule has 4 nitrogen and oxygen atoms in total. The van der Waals surface area contributed by atoms with Gasteiger partial charge in [-0.1, -0.05) is 6.92 Å². The fourth-order valence-electron chi connectivity index (χ4n) is 2.22. The summed E-state index contributed by atoms with van der Waals surface area (Å²) < 4.78 is 36.2. The zero-order valence-corrected chi connectivity index (χ0v) is 11.8. The van der Waals surface area contributed by atoms with Crippen LogP contribution in [0.5, 0.6) is 0 Å². The van der Waals surface area contributed by atoms with E-state index in [0.717, 1.165) is 17.8 Å². The Hall–Kier alpha value is -1.14. The summed E-state index contributed by atoms with van der Waals surface area (Å²) in [6, 6.07) is 4.68. The van der Waals surface area contributed by atoms with Gasteiger partial charge in [0, 0.05) is 25.3 Å². The van der Waals surface area contributed by atoms with Crippen LogP contribution in [0.15, 0.2) is 18.2 Å². The van der Waals surface area contributed by atoms with Crippen LogP contribution in [0.3, 0.4) is 0 Å². The average molecular weight is 286 g/mol. The van der Waals surface area contributed by atoms with Crippen LogP contribution in [0.2, 0.25) is 0 Å². The third-order valence-corrected chi connectivity index (χ3v) is 4.90. The Morgan fingerprint density at radius 2 is 2.00 bits per heavy atom. The SMILES string of the molecule is CCNCc1cc(F)ccc1N1CCS(=O)(=O)CC1. The second kappa shape index (κ2) is 5.88. The first-order chi connectivity index (χ1) is 9.02. The van der Waals surface area contributed by atoms with Gasteiger partial charge >= 0.3 is 0 Å². The fourth-order valence-corrected chi connectivity index (χ4v) is 3.42. The molecule has 1 aromatic rings. The van der Waals surface area contributed by atoms with Crippen molar-refractivity contribution in [1.82, 2.24) is 5.32 Å². The van der Waals surface area contributed by atoms with E-state index in [1.54, 1.807) is 6.07 Å². The summed E-state index contributed by atoms with van der Waals surface area (Å²) in [4.78, 5) is 2.02. The average Bonchev–Trinajstić information content (AvgIpc) is 2.37. The predicted octanol–water partition coefficient (Wildman–Crippen LogP) is 1.17. The molecule has 1 aliphatic heterocycles. The maximum absolute atomic E-state index is 13.3. The molecule has 1 saturated heterocycles. The molecule has 0 aliphatic carbocycles. The highest BCUT2D eigenvalue weighted by Crippen LogP contribution is 2.23. The monoisotopic (exact) mass is 286 g/mol. The van der Waals surface area contributed by atoms with E-state index in [4.69, 9.17) is 0 Å². The van der Waals surface area contributed by atoms with Crippen molar-refractivity contribution in [3.05, 3.63) is 29.6 Å². The number of halogens is 1. The molecular weight excluding hydrogens is 267 g/mol. The third kappa shape index (κ3) is 3.67. The number of nitrogens with zero attached hydrogens (tertiary/aromatic N) is 1. The highest BCUT2D eigenvalue weighted by molar-refractivity contribution is 7.91. The van der Waals surface area contributed by atoms with E-state index in [0.29, 0.717) is 19.6 Å². The summed E-state index contributed by atoms with van der Waals surface area (Å²) in [6.07, 6.45) is 0. The molecule has 0 bridgehead atoms. The van der Waals surface area contributed by atoms with Crippen molar-refractivity contribution < 1.29 is 12.8 Å². The highest BCUT2D eigenvalue weighted by Gasteiger charge is 2.23. The van der Waals surface area contributed by atoms with E-state index in [1.807, 2.05) is 11.8 Å². The molecule has 1 aliphatic rings. The summed E-state index contributed by atoms with van der Waals surface area (Å²) in [5.41, 5.74) is 1.80. The van der Waals surface area contributed by atoms with E-state index >= 15 is 0 Å². The van der Waals surface area contributed by atoms with Gasteiger partial charge in [0.1, 0.15) is 5.82 Å². The van der Waals surface area contributed by atoms with Gasteiger partial charge in [-0.15, -0.1) is 0 Å². The van der Waals surface area contributed by atoms with Crippen molar-refractivity contribution in [2.45, 2.75) is 13.5 Å². The standard InChI is InChI=1S/C13H19FN2O2S/c1-2-15-10-11-9-12(14)3-4-13(11)16-5-7-19(17,18)8-6-16/h3-4,9,15H,2,5-8,10H2,1H3. The van der Waals surface area contributed by atoms with Crippen molar-refractivity contribution in [3.8, 4) is 0 Å². The van der Waals surface area contributed by atoms with Crippen LogP contribution in [-0.4, -0.2) is 39.6 Å². The summed E-state index contributed by atoms with van der Waals surface area (Å²) in [6.45, 7) is 4.35. The Morgan fingerprint density at radius 1 is 1.32 bits per heavy atom. The first kappa shape index (κ1) is 14.3. The highest BCUT2D eigenvalue weighted by atomic mass is 32.2. The largest absolute Gasteiger partial charge is 0.369 e. The lowest BCUT2D eigenvalue weighted by Gasteiger charge is -2.30. The molecule has 1 fully saturated rings. The maximum atomic E-state index is 13.3. The molecule has 0 aromatic heterocycles. The number of sulfone groups is 1. The Bertz CT molecular complexity index is 532. The molecular formula is C13H19FN2O2S. The zero-order valence-electron chi connectivity index (χ0n) is 11.0. The topological polar surface area (TPSA) is 49.4 Å². The van der Waals surface area contributed by atoms with Crippen molar-refractivity contribution in [3.63, 3.8) is 0 Å². The number of nitrogens with one attached hydrogen (secondary N) is 1. The van der Waals surface area contributed by atoms with Gasteiger partial charge in [-0.05, 0) is 30.3 Å². The molecule has 2 rings (SSSR count). The molecule has 0 unspecified atom stereocenters. The van der Waals surface area contributed by atoms with Gasteiger partial charge in [-0.2, -0.15) is 0 Å². The second-order valence-electron chi connectivity index (χ2n) is 4.69. The van der Waals surface area contributed by atoms with Gasteiger partial charge in [0.2, 0.25) is 0 Å². The maximum Gasteiger partial charge on any atom is 0.153 e. The smallest absolute Gasteiger partial charge is 0.153 e. The van der Waals surface area contributed by atoms with Gasteiger partial charge in [0.15, 0.2) is 9.84 Å². The third-order valence-electron chi connectivity index (χ3n) is 3.29. The lowest BCUT2D eigenvalue weighted by atomic mass is 10.1. The van der Waals surface area contributed by atoms with Crippen LogP contribution < -0.4 is 10.2 Å². The Labute approximate surface area is 113 Å². The quantitative estimate of drug-likeness (QED) is 0.903. The van der Waals surface area contributed by atoms with E-state index < -0.39 is 9.84 Å². The van der Waals surface area contributed by atoms with Crippen LogP contribution in [0, 0.1) is 5.82 Å². The van der Waals surface area contributed by atoms with Crippen molar-refractivity contribution in [1.29, 1.82) is 0 Å². The molecule has 1 aromatic carbocycles. The number of benzene rings is 1. The van der Waals surface area contributed by atoms with Crippen LogP contribution >= 0.6 is 0 Å². The Balaban J connectivity index is 2.19. The van der Waals surface area contributed by atoms with E-state index in [9.17, 15) is 12.8 Å². The van der Waals surface area contributed by atoms with Gasteiger partial charge < -0.3 is 10.2 Å². The fraction of sp³-hybridized carbons (Fsp3) is 0.538. The number of anilines is 1. The molecule has 19 heavy (non-hydrogen) atoms. The summed E-state index contributed by atoms with van der Waals surface area (Å²) in [5.74, 6) is 0.0806. The number of hydrogen-bond donors (Lipinski definition) is 1. The second-order valence-corrected chi connectivity index (χ2v) is 7.00. The molecule has 6 heteroatoms. The number of hydrogen-bond acceptors (Lipinski definition) is 4. The minimum atomic E-state index is -2.89. The van der Waals surface area contributed by atoms with Crippen molar-refractivity contribution >= 4 is 15.5 Å². The summed E-state index contributed by atoms with van der Waals surface area (Å²) in [5, 5.41) is 3.18. The molecule has 0 spiro atoms. The number of rotatable bonds is 4. The minimum Gasteiger partial charge on any atom is -0.369 e. The van der Waals surface area contributed by atoms with Crippen LogP contribution in [0.25, 0.3) is 0 Å². The predicted molar refractivity (Wildman–Crippen MR) is 74.6 cm³/mol. The van der Waals surface area contributed by atoms with Crippen molar-refractivity contribution in [2.24, 2.45) is 0 Å². The summed E-state index contributed by atoms with van der Waals surface area (Å²) >= 11 is 0. The summed E-state index contributed by atoms with van der Waals surface area (Å²) in [7, 11) is -2.89. The molecule has 0 atom stereocenters. The lowest BCUT2D eigenvalue weighted by molar-refractivity contribution is 0.585. The first-order valence-corrected chi connectivity index (χ1v) is 8.28. The van der Waals surface area contributed by atoms with E-state index in [-0.39, 0.29) is 17.3 Å². The Morgan fingerprint density at radius 3 is 2.63 bits per heavy atom. The van der Waals surface area contributed by atoms with Crippen LogP contribution in [0.1, 0.15) is 12.5 Å². The molecule has 0 radical (unpaired) electrons. The van der Waals surface area contributed by atoms with Gasteiger partial charge in [0.05, 0.1) is 11.5 Å². The molecule has 1 heterocycles. The van der Waals surface area contributed by atoms with Gasteiger partial charge in [0.25, 0.3) is 0 Å². The van der Waals surface area contributed by atoms with E-state index in [1.165, 1.54) is 12.1 Å². The van der Waals surface area contributed by atoms with Crippen LogP contribution in [0.4, 0.5) is 10.1 Å². The molecule has 0 saturated carbocycles. The normalized spacial score (nSPS) is 18.5.